The van der Waals surface area contributed by atoms with Gasteiger partial charge in [-0.3, -0.25) is 4.79 Å². The van der Waals surface area contributed by atoms with E-state index in [0.29, 0.717) is 11.4 Å². The van der Waals surface area contributed by atoms with E-state index in [1.807, 2.05) is 6.07 Å². The summed E-state index contributed by atoms with van der Waals surface area (Å²) in [6.07, 6.45) is 4.21. The van der Waals surface area contributed by atoms with Gasteiger partial charge in [-0.25, -0.2) is 4.98 Å². The van der Waals surface area contributed by atoms with Crippen molar-refractivity contribution in [1.82, 2.24) is 9.55 Å². The second-order valence-electron chi connectivity index (χ2n) is 7.15. The minimum absolute atomic E-state index is 0.172. The largest absolute Gasteiger partial charge is 0.306 e. The summed E-state index contributed by atoms with van der Waals surface area (Å²) in [5.74, 6) is 1.62. The van der Waals surface area contributed by atoms with Crippen LogP contribution in [0, 0.1) is 5.92 Å². The van der Waals surface area contributed by atoms with Crippen LogP contribution < -0.4 is 5.43 Å². The Labute approximate surface area is 162 Å². The molecule has 0 bridgehead atoms. The summed E-state index contributed by atoms with van der Waals surface area (Å²) >= 11 is 3.56. The van der Waals surface area contributed by atoms with Crippen LogP contribution >= 0.6 is 23.1 Å². The van der Waals surface area contributed by atoms with Crippen LogP contribution in [0.3, 0.4) is 0 Å². The zero-order valence-electron chi connectivity index (χ0n) is 15.3. The number of benzene rings is 1. The van der Waals surface area contributed by atoms with Gasteiger partial charge in [0.2, 0.25) is 5.43 Å². The third kappa shape index (κ3) is 3.35. The number of fused-ring (bicyclic) bond motifs is 2. The van der Waals surface area contributed by atoms with E-state index >= 15 is 0 Å². The fraction of sp³-hybridized carbons (Fsp3) is 0.429. The molecule has 0 amide bonds. The highest BCUT2D eigenvalue weighted by Crippen LogP contribution is 2.33. The molecule has 1 aromatic carbocycles. The van der Waals surface area contributed by atoms with Crippen LogP contribution in [0.1, 0.15) is 42.7 Å². The smallest absolute Gasteiger partial charge is 0.211 e. The number of nitrogens with zero attached hydrogens (tertiary/aromatic N) is 2. The van der Waals surface area contributed by atoms with E-state index in [1.54, 1.807) is 23.1 Å². The molecule has 5 heteroatoms. The molecular weight excluding hydrogens is 360 g/mol. The molecule has 1 aliphatic carbocycles. The van der Waals surface area contributed by atoms with Gasteiger partial charge in [0.25, 0.3) is 0 Å². The van der Waals surface area contributed by atoms with Crippen LogP contribution in [0.15, 0.2) is 40.3 Å². The SMILES string of the molecule is CCCSc1nc2c(=O)c3c(sc2n1Cc1ccccc1)CCC(C)C3. The van der Waals surface area contributed by atoms with Crippen LogP contribution in [0.5, 0.6) is 0 Å². The van der Waals surface area contributed by atoms with E-state index in [-0.39, 0.29) is 5.43 Å². The van der Waals surface area contributed by atoms with E-state index in [4.69, 9.17) is 4.98 Å². The van der Waals surface area contributed by atoms with Crippen LogP contribution in [0.4, 0.5) is 0 Å². The molecule has 0 spiro atoms. The molecule has 26 heavy (non-hydrogen) atoms. The van der Waals surface area contributed by atoms with Crippen molar-refractivity contribution in [3.05, 3.63) is 56.6 Å². The molecule has 0 aliphatic heterocycles. The second kappa shape index (κ2) is 7.57. The minimum Gasteiger partial charge on any atom is -0.306 e. The van der Waals surface area contributed by atoms with Crippen molar-refractivity contribution < 1.29 is 0 Å². The monoisotopic (exact) mass is 384 g/mol. The fourth-order valence-corrected chi connectivity index (χ4v) is 5.72. The third-order valence-corrected chi connectivity index (χ3v) is 7.45. The van der Waals surface area contributed by atoms with Crippen molar-refractivity contribution in [3.63, 3.8) is 0 Å². The van der Waals surface area contributed by atoms with Gasteiger partial charge in [0, 0.05) is 16.2 Å². The van der Waals surface area contributed by atoms with E-state index < -0.39 is 0 Å². The van der Waals surface area contributed by atoms with E-state index in [0.717, 1.165) is 47.1 Å². The van der Waals surface area contributed by atoms with Gasteiger partial charge in [0.1, 0.15) is 10.3 Å². The summed E-state index contributed by atoms with van der Waals surface area (Å²) in [4.78, 5) is 20.3. The van der Waals surface area contributed by atoms with Gasteiger partial charge < -0.3 is 4.57 Å². The third-order valence-electron chi connectivity index (χ3n) is 4.97. The van der Waals surface area contributed by atoms with E-state index in [2.05, 4.69) is 42.7 Å². The molecule has 2 aromatic heterocycles. The van der Waals surface area contributed by atoms with E-state index in [9.17, 15) is 4.79 Å². The van der Waals surface area contributed by atoms with Gasteiger partial charge in [-0.05, 0) is 37.2 Å². The standard InChI is InChI=1S/C21H24N2OS2/c1-3-11-25-21-22-18-19(24)16-12-14(2)9-10-17(16)26-20(18)23(21)13-15-7-5-4-6-8-15/h4-8,14H,3,9-13H2,1-2H3. The lowest BCUT2D eigenvalue weighted by Crippen LogP contribution is -2.20. The number of thioether (sulfide) groups is 1. The highest BCUT2D eigenvalue weighted by Gasteiger charge is 2.24. The first-order valence-electron chi connectivity index (χ1n) is 9.39. The van der Waals surface area contributed by atoms with Crippen LogP contribution in [-0.2, 0) is 19.4 Å². The summed E-state index contributed by atoms with van der Waals surface area (Å²) in [6, 6.07) is 10.5. The van der Waals surface area contributed by atoms with Gasteiger partial charge >= 0.3 is 0 Å². The number of aromatic nitrogens is 2. The Balaban J connectivity index is 1.87. The lowest BCUT2D eigenvalue weighted by atomic mass is 9.89. The zero-order valence-corrected chi connectivity index (χ0v) is 17.0. The van der Waals surface area contributed by atoms with Crippen LogP contribution in [-0.4, -0.2) is 15.3 Å². The number of hydrogen-bond acceptors (Lipinski definition) is 4. The maximum atomic E-state index is 13.1. The van der Waals surface area contributed by atoms with Gasteiger partial charge in [-0.15, -0.1) is 11.3 Å². The summed E-state index contributed by atoms with van der Waals surface area (Å²) < 4.78 is 2.26. The highest BCUT2D eigenvalue weighted by molar-refractivity contribution is 7.99. The molecule has 0 saturated heterocycles. The van der Waals surface area contributed by atoms with Crippen molar-refractivity contribution in [2.24, 2.45) is 5.92 Å². The molecule has 1 aliphatic rings. The Bertz CT molecular complexity index is 975. The first-order chi connectivity index (χ1) is 12.7. The van der Waals surface area contributed by atoms with Crippen LogP contribution in [0.25, 0.3) is 10.3 Å². The van der Waals surface area contributed by atoms with Gasteiger partial charge in [0.05, 0.1) is 6.54 Å². The maximum absolute atomic E-state index is 13.1. The topological polar surface area (TPSA) is 34.9 Å². The average Bonchev–Trinajstić information content (AvgIpc) is 2.99. The Hall–Kier alpha value is -1.59. The normalized spacial score (nSPS) is 16.8. The number of aryl methyl sites for hydroxylation is 1. The van der Waals surface area contributed by atoms with Crippen molar-refractivity contribution in [2.75, 3.05) is 5.75 Å². The molecule has 1 atom stereocenters. The van der Waals surface area contributed by atoms with Crippen molar-refractivity contribution in [3.8, 4) is 0 Å². The average molecular weight is 385 g/mol. The Morgan fingerprint density at radius 1 is 1.31 bits per heavy atom. The maximum Gasteiger partial charge on any atom is 0.211 e. The first kappa shape index (κ1) is 17.8. The molecule has 0 saturated carbocycles. The Morgan fingerprint density at radius 3 is 2.88 bits per heavy atom. The molecule has 136 valence electrons. The Morgan fingerprint density at radius 2 is 2.12 bits per heavy atom. The summed E-state index contributed by atoms with van der Waals surface area (Å²) in [5.41, 5.74) is 3.12. The molecule has 4 rings (SSSR count). The van der Waals surface area contributed by atoms with Crippen LogP contribution in [0.2, 0.25) is 0 Å². The van der Waals surface area contributed by atoms with E-state index in [1.165, 1.54) is 16.9 Å². The summed E-state index contributed by atoms with van der Waals surface area (Å²) in [6.45, 7) is 5.20. The predicted molar refractivity (Wildman–Crippen MR) is 112 cm³/mol. The number of rotatable bonds is 5. The second-order valence-corrected chi connectivity index (χ2v) is 9.29. The van der Waals surface area contributed by atoms with Crippen molar-refractivity contribution >= 4 is 33.4 Å². The lowest BCUT2D eigenvalue weighted by molar-refractivity contribution is 0.504. The Kier molecular flexibility index (Phi) is 5.18. The molecular formula is C21H24N2OS2. The quantitative estimate of drug-likeness (QED) is 0.572. The van der Waals surface area contributed by atoms with Gasteiger partial charge in [-0.2, -0.15) is 0 Å². The predicted octanol–water partition coefficient (Wildman–Crippen LogP) is 5.13. The molecule has 3 nitrogen and oxygen atoms in total. The van der Waals surface area contributed by atoms with Gasteiger partial charge in [0.15, 0.2) is 5.16 Å². The molecule has 1 unspecified atom stereocenters. The summed E-state index contributed by atoms with van der Waals surface area (Å²) in [7, 11) is 0. The summed E-state index contributed by atoms with van der Waals surface area (Å²) in [5, 5.41) is 0.981. The zero-order chi connectivity index (χ0) is 18.1. The molecule has 0 N–H and O–H groups in total. The lowest BCUT2D eigenvalue weighted by Gasteiger charge is -2.20. The first-order valence-corrected chi connectivity index (χ1v) is 11.2. The molecule has 0 radical (unpaired) electrons. The number of imidazole rings is 1. The van der Waals surface area contributed by atoms with Gasteiger partial charge in [-0.1, -0.05) is 55.9 Å². The van der Waals surface area contributed by atoms with Crippen molar-refractivity contribution in [2.45, 2.75) is 51.2 Å². The molecule has 2 heterocycles. The molecule has 3 aromatic rings. The highest BCUT2D eigenvalue weighted by atomic mass is 32.2. The fourth-order valence-electron chi connectivity index (χ4n) is 3.56. The van der Waals surface area contributed by atoms with Crippen molar-refractivity contribution in [1.29, 1.82) is 0 Å². The minimum atomic E-state index is 0.172. The molecule has 0 fully saturated rings. The number of hydrogen-bond donors (Lipinski definition) is 0.